The van der Waals surface area contributed by atoms with Crippen LogP contribution in [0, 0.1) is 5.82 Å². The average molecular weight is 276 g/mol. The lowest BCUT2D eigenvalue weighted by molar-refractivity contribution is 0.197. The van der Waals surface area contributed by atoms with Gasteiger partial charge in [0.2, 0.25) is 0 Å². The third kappa shape index (κ3) is 3.14. The molecule has 0 unspecified atom stereocenters. The van der Waals surface area contributed by atoms with Crippen molar-refractivity contribution >= 4 is 11.7 Å². The molecule has 0 spiro atoms. The zero-order valence-electron chi connectivity index (χ0n) is 11.4. The lowest BCUT2D eigenvalue weighted by atomic mass is 10.1. The average Bonchev–Trinajstić information content (AvgIpc) is 2.93. The minimum atomic E-state index is -0.285. The first-order chi connectivity index (χ1) is 9.61. The molecule has 1 atom stereocenters. The van der Waals surface area contributed by atoms with Gasteiger partial charge in [-0.2, -0.15) is 5.10 Å². The molecule has 2 rings (SSSR count). The van der Waals surface area contributed by atoms with E-state index in [2.05, 4.69) is 15.5 Å². The number of carbonyl (C=O) groups is 1. The largest absolute Gasteiger partial charge is 0.322 e. The number of amides is 2. The number of hydrogen-bond acceptors (Lipinski definition) is 2. The maximum absolute atomic E-state index is 12.9. The molecule has 1 heterocycles. The van der Waals surface area contributed by atoms with Crippen LogP contribution in [-0.2, 0) is 0 Å². The van der Waals surface area contributed by atoms with Crippen LogP contribution in [0.1, 0.15) is 25.5 Å². The van der Waals surface area contributed by atoms with Gasteiger partial charge in [-0.15, -0.1) is 0 Å². The summed E-state index contributed by atoms with van der Waals surface area (Å²) >= 11 is 0. The number of carbonyl (C=O) groups excluding carboxylic acids is 1. The van der Waals surface area contributed by atoms with Crippen LogP contribution in [0.5, 0.6) is 0 Å². The van der Waals surface area contributed by atoms with E-state index in [0.717, 1.165) is 5.56 Å². The van der Waals surface area contributed by atoms with Crippen molar-refractivity contribution < 1.29 is 9.18 Å². The molecule has 0 radical (unpaired) electrons. The van der Waals surface area contributed by atoms with Crippen molar-refractivity contribution in [3.63, 3.8) is 0 Å². The number of aromatic nitrogens is 2. The standard InChI is InChI=1S/C14H17FN4O/c1-3-19(14(20)18-13-8-16-17-9-13)10(2)11-4-6-12(15)7-5-11/h4-10H,3H2,1-2H3,(H,16,17)(H,18,20)/t10-/m1/s1. The lowest BCUT2D eigenvalue weighted by Crippen LogP contribution is -2.36. The summed E-state index contributed by atoms with van der Waals surface area (Å²) in [6, 6.07) is 5.81. The maximum Gasteiger partial charge on any atom is 0.322 e. The van der Waals surface area contributed by atoms with Crippen molar-refractivity contribution in [2.75, 3.05) is 11.9 Å². The Morgan fingerprint density at radius 3 is 2.70 bits per heavy atom. The fraction of sp³-hybridized carbons (Fsp3) is 0.286. The van der Waals surface area contributed by atoms with Crippen LogP contribution in [0.3, 0.4) is 0 Å². The molecule has 6 heteroatoms. The Morgan fingerprint density at radius 2 is 2.15 bits per heavy atom. The van der Waals surface area contributed by atoms with Crippen LogP contribution in [0.2, 0.25) is 0 Å². The smallest absolute Gasteiger partial charge is 0.318 e. The predicted molar refractivity (Wildman–Crippen MR) is 74.8 cm³/mol. The maximum atomic E-state index is 12.9. The fourth-order valence-corrected chi connectivity index (χ4v) is 2.03. The summed E-state index contributed by atoms with van der Waals surface area (Å²) in [6.07, 6.45) is 3.14. The third-order valence-corrected chi connectivity index (χ3v) is 3.17. The molecule has 5 nitrogen and oxygen atoms in total. The molecule has 0 aliphatic carbocycles. The van der Waals surface area contributed by atoms with Gasteiger partial charge in [-0.3, -0.25) is 5.10 Å². The number of benzene rings is 1. The molecule has 106 valence electrons. The molecule has 2 amide bonds. The van der Waals surface area contributed by atoms with E-state index >= 15 is 0 Å². The molecule has 0 saturated heterocycles. The Morgan fingerprint density at radius 1 is 1.45 bits per heavy atom. The van der Waals surface area contributed by atoms with Gasteiger partial charge in [0.05, 0.1) is 17.9 Å². The van der Waals surface area contributed by atoms with E-state index in [1.165, 1.54) is 18.3 Å². The van der Waals surface area contributed by atoms with E-state index in [1.54, 1.807) is 23.2 Å². The molecule has 0 bridgehead atoms. The van der Waals surface area contributed by atoms with Crippen LogP contribution in [0.4, 0.5) is 14.9 Å². The van der Waals surface area contributed by atoms with E-state index in [4.69, 9.17) is 0 Å². The Hall–Kier alpha value is -2.37. The first-order valence-corrected chi connectivity index (χ1v) is 6.43. The van der Waals surface area contributed by atoms with Crippen LogP contribution in [0.15, 0.2) is 36.7 Å². The summed E-state index contributed by atoms with van der Waals surface area (Å²) in [5.41, 5.74) is 1.50. The summed E-state index contributed by atoms with van der Waals surface area (Å²) in [7, 11) is 0. The molecule has 20 heavy (non-hydrogen) atoms. The zero-order chi connectivity index (χ0) is 14.5. The molecule has 1 aromatic carbocycles. The van der Waals surface area contributed by atoms with Gasteiger partial charge in [-0.25, -0.2) is 9.18 Å². The molecular weight excluding hydrogens is 259 g/mol. The van der Waals surface area contributed by atoms with Crippen molar-refractivity contribution in [3.05, 3.63) is 48.0 Å². The van der Waals surface area contributed by atoms with Crippen molar-refractivity contribution in [1.82, 2.24) is 15.1 Å². The summed E-state index contributed by atoms with van der Waals surface area (Å²) in [4.78, 5) is 13.9. The van der Waals surface area contributed by atoms with Crippen LogP contribution in [0.25, 0.3) is 0 Å². The lowest BCUT2D eigenvalue weighted by Gasteiger charge is -2.28. The molecule has 0 fully saturated rings. The van der Waals surface area contributed by atoms with Gasteiger partial charge < -0.3 is 10.2 Å². The Bertz CT molecular complexity index is 553. The van der Waals surface area contributed by atoms with E-state index in [0.29, 0.717) is 12.2 Å². The number of urea groups is 1. The highest BCUT2D eigenvalue weighted by Crippen LogP contribution is 2.21. The number of anilines is 1. The first-order valence-electron chi connectivity index (χ1n) is 6.43. The van der Waals surface area contributed by atoms with Gasteiger partial charge in [0.15, 0.2) is 0 Å². The SMILES string of the molecule is CCN(C(=O)Nc1cn[nH]c1)[C@H](C)c1ccc(F)cc1. The molecule has 0 aliphatic rings. The van der Waals surface area contributed by atoms with Crippen molar-refractivity contribution in [3.8, 4) is 0 Å². The molecule has 2 N–H and O–H groups in total. The molecule has 0 aliphatic heterocycles. The van der Waals surface area contributed by atoms with E-state index in [-0.39, 0.29) is 17.9 Å². The summed E-state index contributed by atoms with van der Waals surface area (Å²) < 4.78 is 12.9. The Kier molecular flexibility index (Phi) is 4.34. The van der Waals surface area contributed by atoms with Crippen LogP contribution in [-0.4, -0.2) is 27.7 Å². The molecular formula is C14H17FN4O. The number of nitrogens with one attached hydrogen (secondary N) is 2. The second kappa shape index (κ2) is 6.18. The van der Waals surface area contributed by atoms with Crippen molar-refractivity contribution in [2.45, 2.75) is 19.9 Å². The zero-order valence-corrected chi connectivity index (χ0v) is 11.4. The Balaban J connectivity index is 2.10. The number of nitrogens with zero attached hydrogens (tertiary/aromatic N) is 2. The van der Waals surface area contributed by atoms with E-state index in [1.807, 2.05) is 13.8 Å². The summed E-state index contributed by atoms with van der Waals surface area (Å²) in [5, 5.41) is 9.16. The molecule has 1 aromatic heterocycles. The summed E-state index contributed by atoms with van der Waals surface area (Å²) in [6.45, 7) is 4.35. The first kappa shape index (κ1) is 14.0. The monoisotopic (exact) mass is 276 g/mol. The normalized spacial score (nSPS) is 11.9. The number of H-pyrrole nitrogens is 1. The van der Waals surface area contributed by atoms with Crippen molar-refractivity contribution in [1.29, 1.82) is 0 Å². The number of halogens is 1. The summed E-state index contributed by atoms with van der Waals surface area (Å²) in [5.74, 6) is -0.285. The van der Waals surface area contributed by atoms with Crippen LogP contribution < -0.4 is 5.32 Å². The number of rotatable bonds is 4. The minimum Gasteiger partial charge on any atom is -0.318 e. The number of hydrogen-bond donors (Lipinski definition) is 2. The minimum absolute atomic E-state index is 0.146. The van der Waals surface area contributed by atoms with E-state index in [9.17, 15) is 9.18 Å². The van der Waals surface area contributed by atoms with E-state index < -0.39 is 0 Å². The quantitative estimate of drug-likeness (QED) is 0.901. The van der Waals surface area contributed by atoms with Crippen molar-refractivity contribution in [2.24, 2.45) is 0 Å². The topological polar surface area (TPSA) is 61.0 Å². The van der Waals surface area contributed by atoms with Gasteiger partial charge in [0.25, 0.3) is 0 Å². The van der Waals surface area contributed by atoms with Gasteiger partial charge in [0.1, 0.15) is 5.82 Å². The van der Waals surface area contributed by atoms with Gasteiger partial charge in [-0.05, 0) is 31.5 Å². The second-order valence-corrected chi connectivity index (χ2v) is 4.43. The van der Waals surface area contributed by atoms with Gasteiger partial charge >= 0.3 is 6.03 Å². The highest BCUT2D eigenvalue weighted by Gasteiger charge is 2.20. The second-order valence-electron chi connectivity index (χ2n) is 4.43. The third-order valence-electron chi connectivity index (χ3n) is 3.17. The van der Waals surface area contributed by atoms with Gasteiger partial charge in [-0.1, -0.05) is 12.1 Å². The Labute approximate surface area is 116 Å². The van der Waals surface area contributed by atoms with Crippen LogP contribution >= 0.6 is 0 Å². The predicted octanol–water partition coefficient (Wildman–Crippen LogP) is 3.16. The number of aromatic amines is 1. The molecule has 0 saturated carbocycles. The highest BCUT2D eigenvalue weighted by atomic mass is 19.1. The molecule has 2 aromatic rings. The highest BCUT2D eigenvalue weighted by molar-refractivity contribution is 5.89. The van der Waals surface area contributed by atoms with Gasteiger partial charge in [0, 0.05) is 12.7 Å². The fourth-order valence-electron chi connectivity index (χ4n) is 2.03.